The summed E-state index contributed by atoms with van der Waals surface area (Å²) in [6.45, 7) is 12.5. The number of aryl methyl sites for hydroxylation is 6. The van der Waals surface area contributed by atoms with Gasteiger partial charge in [-0.1, -0.05) is 42.3 Å². The second-order valence-electron chi connectivity index (χ2n) is 10.5. The molecule has 0 aliphatic carbocycles. The van der Waals surface area contributed by atoms with Gasteiger partial charge < -0.3 is 22.6 Å². The molecule has 1 atom stereocenters. The van der Waals surface area contributed by atoms with Crippen molar-refractivity contribution in [2.24, 2.45) is 5.92 Å². The zero-order valence-electron chi connectivity index (χ0n) is 25.4. The van der Waals surface area contributed by atoms with E-state index < -0.39 is 45.0 Å². The Morgan fingerprint density at radius 2 is 1.12 bits per heavy atom. The third kappa shape index (κ3) is 7.45. The van der Waals surface area contributed by atoms with Crippen LogP contribution in [0, 0.1) is 47.5 Å². The second-order valence-corrected chi connectivity index (χ2v) is 16.3. The zero-order valence-corrected chi connectivity index (χ0v) is 27.3. The molecule has 8 nitrogen and oxygen atoms in total. The molecular formula is C30H43O8PSi. The largest absolute Gasteiger partial charge is 0.500 e. The van der Waals surface area contributed by atoms with Crippen LogP contribution in [-0.2, 0) is 27.4 Å². The van der Waals surface area contributed by atoms with Gasteiger partial charge in [0.2, 0.25) is 18.2 Å². The van der Waals surface area contributed by atoms with Crippen molar-refractivity contribution in [1.29, 1.82) is 0 Å². The summed E-state index contributed by atoms with van der Waals surface area (Å²) in [4.78, 5) is 41.1. The lowest BCUT2D eigenvalue weighted by Gasteiger charge is -2.24. The summed E-state index contributed by atoms with van der Waals surface area (Å²) >= 11 is 0. The highest BCUT2D eigenvalue weighted by molar-refractivity contribution is 7.95. The minimum Gasteiger partial charge on any atom is -0.465 e. The Labute approximate surface area is 239 Å². The number of carbonyl (C=O) groups is 3. The SMILES string of the molecule is CO[Si](CCCOC(=O)C(C)CP(=O)(C(=O)c1c(C)cc(C)cc1C)C(=O)c1c(C)cc(C)cc1C)(OC)OC. The van der Waals surface area contributed by atoms with Gasteiger partial charge in [0.05, 0.1) is 12.5 Å². The van der Waals surface area contributed by atoms with E-state index >= 15 is 0 Å². The van der Waals surface area contributed by atoms with Crippen LogP contribution in [0.4, 0.5) is 0 Å². The molecule has 0 saturated heterocycles. The average Bonchev–Trinajstić information content (AvgIpc) is 2.87. The third-order valence-electron chi connectivity index (χ3n) is 7.18. The first-order valence-corrected chi connectivity index (χ1v) is 17.1. The van der Waals surface area contributed by atoms with Crippen molar-refractivity contribution in [3.05, 3.63) is 68.8 Å². The highest BCUT2D eigenvalue weighted by Gasteiger charge is 2.45. The number of ether oxygens (including phenoxy) is 1. The molecule has 0 aromatic heterocycles. The molecule has 0 spiro atoms. The van der Waals surface area contributed by atoms with Crippen molar-refractivity contribution >= 4 is 33.0 Å². The lowest BCUT2D eigenvalue weighted by Crippen LogP contribution is -2.42. The quantitative estimate of drug-likeness (QED) is 0.109. The zero-order chi connectivity index (χ0) is 30.4. The fourth-order valence-corrected chi connectivity index (χ4v) is 9.83. The van der Waals surface area contributed by atoms with Gasteiger partial charge in [-0.25, -0.2) is 0 Å². The maximum atomic E-state index is 14.7. The van der Waals surface area contributed by atoms with Crippen LogP contribution in [0.25, 0.3) is 0 Å². The summed E-state index contributed by atoms with van der Waals surface area (Å²) in [5, 5.41) is 0. The molecule has 2 aromatic rings. The fraction of sp³-hybridized carbons (Fsp3) is 0.500. The smallest absolute Gasteiger partial charge is 0.465 e. The molecule has 0 amide bonds. The Bertz CT molecular complexity index is 1190. The molecule has 0 heterocycles. The van der Waals surface area contributed by atoms with Crippen molar-refractivity contribution in [3.8, 4) is 0 Å². The van der Waals surface area contributed by atoms with Crippen LogP contribution in [0.5, 0.6) is 0 Å². The predicted octanol–water partition coefficient (Wildman–Crippen LogP) is 6.33. The van der Waals surface area contributed by atoms with Crippen molar-refractivity contribution in [2.75, 3.05) is 34.1 Å². The summed E-state index contributed by atoms with van der Waals surface area (Å²) in [7, 11) is -2.60. The molecule has 0 radical (unpaired) electrons. The molecule has 0 saturated carbocycles. The second kappa shape index (κ2) is 14.0. The molecule has 220 valence electrons. The monoisotopic (exact) mass is 590 g/mol. The Morgan fingerprint density at radius 3 is 1.48 bits per heavy atom. The van der Waals surface area contributed by atoms with Crippen molar-refractivity contribution in [3.63, 3.8) is 0 Å². The number of esters is 1. The normalized spacial score (nSPS) is 12.8. The van der Waals surface area contributed by atoms with E-state index in [0.29, 0.717) is 34.7 Å². The van der Waals surface area contributed by atoms with E-state index in [-0.39, 0.29) is 17.7 Å². The Morgan fingerprint density at radius 1 is 0.750 bits per heavy atom. The third-order valence-corrected chi connectivity index (χ3v) is 12.8. The van der Waals surface area contributed by atoms with Crippen LogP contribution in [-0.4, -0.2) is 59.9 Å². The van der Waals surface area contributed by atoms with E-state index in [0.717, 1.165) is 11.1 Å². The highest BCUT2D eigenvalue weighted by Crippen LogP contribution is 2.55. The maximum Gasteiger partial charge on any atom is 0.500 e. The molecule has 0 aliphatic rings. The van der Waals surface area contributed by atoms with E-state index in [4.69, 9.17) is 18.0 Å². The van der Waals surface area contributed by atoms with Crippen LogP contribution in [0.2, 0.25) is 6.04 Å². The van der Waals surface area contributed by atoms with Gasteiger partial charge in [0.15, 0.2) is 0 Å². The molecule has 0 N–H and O–H groups in total. The van der Waals surface area contributed by atoms with Gasteiger partial charge in [0, 0.05) is 44.7 Å². The first kappa shape index (κ1) is 33.8. The van der Waals surface area contributed by atoms with Crippen molar-refractivity contribution < 1.29 is 37.0 Å². The summed E-state index contributed by atoms with van der Waals surface area (Å²) < 4.78 is 36.3. The van der Waals surface area contributed by atoms with Crippen LogP contribution in [0.15, 0.2) is 24.3 Å². The van der Waals surface area contributed by atoms with Crippen molar-refractivity contribution in [2.45, 2.75) is 60.9 Å². The first-order chi connectivity index (χ1) is 18.7. The van der Waals surface area contributed by atoms with Crippen LogP contribution in [0.1, 0.15) is 67.4 Å². The molecule has 2 aromatic carbocycles. The van der Waals surface area contributed by atoms with Gasteiger partial charge in [-0.2, -0.15) is 0 Å². The summed E-state index contributed by atoms with van der Waals surface area (Å²) in [5.41, 5.74) is 3.58. The number of hydrogen-bond donors (Lipinski definition) is 0. The van der Waals surface area contributed by atoms with Gasteiger partial charge in [-0.3, -0.25) is 14.4 Å². The van der Waals surface area contributed by atoms with Crippen LogP contribution >= 0.6 is 7.14 Å². The minimum atomic E-state index is -4.31. The highest BCUT2D eigenvalue weighted by atomic mass is 31.2. The fourth-order valence-electron chi connectivity index (χ4n) is 5.27. The number of carbonyl (C=O) groups excluding carboxylic acids is 3. The number of rotatable bonds is 14. The number of hydrogen-bond acceptors (Lipinski definition) is 8. The van der Waals surface area contributed by atoms with Crippen LogP contribution < -0.4 is 0 Å². The topological polar surface area (TPSA) is 105 Å². The molecular weight excluding hydrogens is 547 g/mol. The molecule has 40 heavy (non-hydrogen) atoms. The molecule has 1 unspecified atom stereocenters. The Hall–Kier alpha value is -2.42. The number of benzene rings is 2. The maximum absolute atomic E-state index is 14.7. The Balaban J connectivity index is 2.42. The van der Waals surface area contributed by atoms with Gasteiger partial charge in [-0.05, 0) is 70.2 Å². The van der Waals surface area contributed by atoms with Gasteiger partial charge in [0.1, 0.15) is 0 Å². The molecule has 0 bridgehead atoms. The Kier molecular flexibility index (Phi) is 11.8. The summed E-state index contributed by atoms with van der Waals surface area (Å²) in [6.07, 6.45) is 0.00908. The van der Waals surface area contributed by atoms with E-state index in [1.54, 1.807) is 27.7 Å². The first-order valence-electron chi connectivity index (χ1n) is 13.3. The van der Waals surface area contributed by atoms with Crippen LogP contribution in [0.3, 0.4) is 0 Å². The van der Waals surface area contributed by atoms with E-state index in [9.17, 15) is 18.9 Å². The molecule has 2 rings (SSSR count). The average molecular weight is 591 g/mol. The molecule has 0 aliphatic heterocycles. The standard InChI is InChI=1S/C30H43O8PSi/c1-19-14-21(3)26(22(4)15-19)29(32)39(34,30(33)27-23(5)16-20(2)17-24(27)6)18-25(7)28(31)38-12-11-13-40(35-8,36-9)37-10/h14-17,25H,11-13,18H2,1-10H3. The lowest BCUT2D eigenvalue weighted by atomic mass is 10.0. The minimum absolute atomic E-state index is 0.0621. The van der Waals surface area contributed by atoms with Gasteiger partial charge >= 0.3 is 14.8 Å². The van der Waals surface area contributed by atoms with E-state index in [2.05, 4.69) is 0 Å². The van der Waals surface area contributed by atoms with Crippen molar-refractivity contribution in [1.82, 2.24) is 0 Å². The lowest BCUT2D eigenvalue weighted by molar-refractivity contribution is -0.147. The summed E-state index contributed by atoms with van der Waals surface area (Å²) in [5.74, 6) is -1.58. The van der Waals surface area contributed by atoms with E-state index in [1.807, 2.05) is 38.1 Å². The van der Waals surface area contributed by atoms with Gasteiger partial charge in [-0.15, -0.1) is 0 Å². The summed E-state index contributed by atoms with van der Waals surface area (Å²) in [6, 6.07) is 7.76. The van der Waals surface area contributed by atoms with Gasteiger partial charge in [0.25, 0.3) is 0 Å². The predicted molar refractivity (Wildman–Crippen MR) is 159 cm³/mol. The van der Waals surface area contributed by atoms with E-state index in [1.165, 1.54) is 28.3 Å². The molecule has 0 fully saturated rings. The molecule has 10 heteroatoms.